The van der Waals surface area contributed by atoms with E-state index in [1.165, 1.54) is 0 Å². The Morgan fingerprint density at radius 1 is 1.38 bits per heavy atom. The summed E-state index contributed by atoms with van der Waals surface area (Å²) < 4.78 is 5.40. The SMILES string of the molecule is Cc1oc(-c2ccccc2)nc1CC(=O)[O-]. The molecule has 0 aliphatic heterocycles. The number of carbonyl (C=O) groups is 1. The van der Waals surface area contributed by atoms with E-state index in [-0.39, 0.29) is 6.42 Å². The van der Waals surface area contributed by atoms with Crippen LogP contribution in [0.2, 0.25) is 0 Å². The van der Waals surface area contributed by atoms with Gasteiger partial charge in [-0.1, -0.05) is 18.2 Å². The van der Waals surface area contributed by atoms with Crippen molar-refractivity contribution in [2.75, 3.05) is 0 Å². The normalized spacial score (nSPS) is 10.3. The smallest absolute Gasteiger partial charge is 0.226 e. The van der Waals surface area contributed by atoms with E-state index >= 15 is 0 Å². The topological polar surface area (TPSA) is 66.2 Å². The molecule has 0 atom stereocenters. The maximum atomic E-state index is 10.5. The number of aryl methyl sites for hydroxylation is 1. The van der Waals surface area contributed by atoms with Gasteiger partial charge < -0.3 is 14.3 Å². The highest BCUT2D eigenvalue weighted by Gasteiger charge is 2.10. The quantitative estimate of drug-likeness (QED) is 0.765. The molecule has 2 rings (SSSR count). The third-order valence-corrected chi connectivity index (χ3v) is 2.23. The maximum Gasteiger partial charge on any atom is 0.226 e. The molecule has 2 aromatic rings. The summed E-state index contributed by atoms with van der Waals surface area (Å²) in [6, 6.07) is 9.34. The van der Waals surface area contributed by atoms with Crippen molar-refractivity contribution in [3.63, 3.8) is 0 Å². The van der Waals surface area contributed by atoms with Crippen LogP contribution in [0.1, 0.15) is 11.5 Å². The van der Waals surface area contributed by atoms with Crippen LogP contribution >= 0.6 is 0 Å². The van der Waals surface area contributed by atoms with Gasteiger partial charge >= 0.3 is 0 Å². The highest BCUT2D eigenvalue weighted by Crippen LogP contribution is 2.21. The van der Waals surface area contributed by atoms with Crippen LogP contribution in [0.4, 0.5) is 0 Å². The molecule has 1 heterocycles. The molecule has 0 bridgehead atoms. The zero-order valence-electron chi connectivity index (χ0n) is 8.77. The van der Waals surface area contributed by atoms with Gasteiger partial charge in [0.1, 0.15) is 5.76 Å². The van der Waals surface area contributed by atoms with Crippen LogP contribution in [0.25, 0.3) is 11.5 Å². The van der Waals surface area contributed by atoms with Gasteiger partial charge in [0.25, 0.3) is 0 Å². The number of carboxylic acid groups (broad SMARTS) is 1. The van der Waals surface area contributed by atoms with E-state index in [1.54, 1.807) is 6.92 Å². The molecule has 4 nitrogen and oxygen atoms in total. The number of aromatic nitrogens is 1. The van der Waals surface area contributed by atoms with Crippen molar-refractivity contribution in [1.82, 2.24) is 4.98 Å². The number of carbonyl (C=O) groups excluding carboxylic acids is 1. The third kappa shape index (κ3) is 2.11. The lowest BCUT2D eigenvalue weighted by Crippen LogP contribution is -2.24. The minimum absolute atomic E-state index is 0.220. The van der Waals surface area contributed by atoms with Crippen LogP contribution < -0.4 is 5.11 Å². The number of nitrogens with zero attached hydrogens (tertiary/aromatic N) is 1. The van der Waals surface area contributed by atoms with Crippen molar-refractivity contribution < 1.29 is 14.3 Å². The third-order valence-electron chi connectivity index (χ3n) is 2.23. The summed E-state index contributed by atoms with van der Waals surface area (Å²) in [5.74, 6) is -0.201. The molecule has 16 heavy (non-hydrogen) atoms. The number of hydrogen-bond acceptors (Lipinski definition) is 4. The number of rotatable bonds is 3. The van der Waals surface area contributed by atoms with Crippen molar-refractivity contribution in [3.8, 4) is 11.5 Å². The van der Waals surface area contributed by atoms with Crippen LogP contribution in [-0.4, -0.2) is 11.0 Å². The van der Waals surface area contributed by atoms with E-state index in [2.05, 4.69) is 4.98 Å². The molecule has 0 amide bonds. The lowest BCUT2D eigenvalue weighted by molar-refractivity contribution is -0.304. The van der Waals surface area contributed by atoms with E-state index in [1.807, 2.05) is 30.3 Å². The first kappa shape index (κ1) is 10.4. The molecule has 0 saturated carbocycles. The highest BCUT2D eigenvalue weighted by atomic mass is 16.4. The molecule has 0 saturated heterocycles. The molecule has 1 aromatic carbocycles. The zero-order chi connectivity index (χ0) is 11.5. The standard InChI is InChI=1S/C12H11NO3/c1-8-10(7-11(14)15)13-12(16-8)9-5-3-2-4-6-9/h2-6H,7H2,1H3,(H,14,15)/p-1. The van der Waals surface area contributed by atoms with Crippen molar-refractivity contribution in [1.29, 1.82) is 0 Å². The summed E-state index contributed by atoms with van der Waals surface area (Å²) in [6.45, 7) is 1.69. The monoisotopic (exact) mass is 216 g/mol. The Kier molecular flexibility index (Phi) is 2.72. The molecule has 0 aliphatic carbocycles. The van der Waals surface area contributed by atoms with Gasteiger partial charge in [0.2, 0.25) is 5.89 Å². The predicted molar refractivity (Wildman–Crippen MR) is 55.4 cm³/mol. The first-order valence-electron chi connectivity index (χ1n) is 4.88. The van der Waals surface area contributed by atoms with Gasteiger partial charge in [0, 0.05) is 18.0 Å². The first-order valence-corrected chi connectivity index (χ1v) is 4.88. The summed E-state index contributed by atoms with van der Waals surface area (Å²) in [7, 11) is 0. The Labute approximate surface area is 92.6 Å². The maximum absolute atomic E-state index is 10.5. The molecule has 4 heteroatoms. The van der Waals surface area contributed by atoms with E-state index < -0.39 is 5.97 Å². The van der Waals surface area contributed by atoms with Gasteiger partial charge in [-0.05, 0) is 19.1 Å². The largest absolute Gasteiger partial charge is 0.550 e. The summed E-state index contributed by atoms with van der Waals surface area (Å²) in [4.78, 5) is 14.6. The summed E-state index contributed by atoms with van der Waals surface area (Å²) in [6.07, 6.45) is -0.220. The van der Waals surface area contributed by atoms with Crippen LogP contribution in [0.5, 0.6) is 0 Å². The molecule has 0 radical (unpaired) electrons. The number of benzene rings is 1. The molecule has 1 aromatic heterocycles. The lowest BCUT2D eigenvalue weighted by atomic mass is 10.2. The van der Waals surface area contributed by atoms with Gasteiger partial charge in [-0.3, -0.25) is 0 Å². The number of carboxylic acids is 1. The molecule has 0 fully saturated rings. The molecule has 0 N–H and O–H groups in total. The second kappa shape index (κ2) is 4.18. The molecule has 82 valence electrons. The van der Waals surface area contributed by atoms with Gasteiger partial charge in [0.15, 0.2) is 0 Å². The number of oxazole rings is 1. The molecule has 0 unspecified atom stereocenters. The Bertz CT molecular complexity index is 502. The van der Waals surface area contributed by atoms with Crippen molar-refractivity contribution >= 4 is 5.97 Å². The van der Waals surface area contributed by atoms with Gasteiger partial charge in [0.05, 0.1) is 5.69 Å². The fraction of sp³-hybridized carbons (Fsp3) is 0.167. The van der Waals surface area contributed by atoms with Crippen molar-refractivity contribution in [3.05, 3.63) is 41.8 Å². The second-order valence-corrected chi connectivity index (χ2v) is 3.44. The number of aliphatic carboxylic acids is 1. The predicted octanol–water partition coefficient (Wildman–Crippen LogP) is 0.942. The van der Waals surface area contributed by atoms with Gasteiger partial charge in [-0.15, -0.1) is 0 Å². The van der Waals surface area contributed by atoms with E-state index in [0.717, 1.165) is 5.56 Å². The van der Waals surface area contributed by atoms with E-state index in [9.17, 15) is 9.90 Å². The number of hydrogen-bond donors (Lipinski definition) is 0. The molecule has 0 aliphatic rings. The van der Waals surface area contributed by atoms with Crippen molar-refractivity contribution in [2.24, 2.45) is 0 Å². The van der Waals surface area contributed by atoms with E-state index in [4.69, 9.17) is 4.42 Å². The van der Waals surface area contributed by atoms with Crippen molar-refractivity contribution in [2.45, 2.75) is 13.3 Å². The Balaban J connectivity index is 2.34. The lowest BCUT2D eigenvalue weighted by Gasteiger charge is -1.96. The van der Waals surface area contributed by atoms with E-state index in [0.29, 0.717) is 17.3 Å². The fourth-order valence-corrected chi connectivity index (χ4v) is 1.43. The summed E-state index contributed by atoms with van der Waals surface area (Å²) in [5.41, 5.74) is 1.24. The molecular formula is C12H10NO3-. The first-order chi connectivity index (χ1) is 7.66. The Morgan fingerprint density at radius 2 is 2.06 bits per heavy atom. The van der Waals surface area contributed by atoms with Gasteiger partial charge in [-0.25, -0.2) is 4.98 Å². The zero-order valence-corrected chi connectivity index (χ0v) is 8.77. The Hall–Kier alpha value is -2.10. The minimum Gasteiger partial charge on any atom is -0.550 e. The average molecular weight is 216 g/mol. The highest BCUT2D eigenvalue weighted by molar-refractivity contribution is 5.68. The minimum atomic E-state index is -1.16. The second-order valence-electron chi connectivity index (χ2n) is 3.44. The average Bonchev–Trinajstić information content (AvgIpc) is 2.61. The molecular weight excluding hydrogens is 206 g/mol. The summed E-state index contributed by atoms with van der Waals surface area (Å²) >= 11 is 0. The summed E-state index contributed by atoms with van der Waals surface area (Å²) in [5, 5.41) is 10.5. The van der Waals surface area contributed by atoms with Gasteiger partial charge in [-0.2, -0.15) is 0 Å². The van der Waals surface area contributed by atoms with Crippen LogP contribution in [0, 0.1) is 6.92 Å². The fourth-order valence-electron chi connectivity index (χ4n) is 1.43. The van der Waals surface area contributed by atoms with Crippen LogP contribution in [-0.2, 0) is 11.2 Å². The van der Waals surface area contributed by atoms with Crippen LogP contribution in [0.15, 0.2) is 34.7 Å². The molecule has 0 spiro atoms. The van der Waals surface area contributed by atoms with Crippen LogP contribution in [0.3, 0.4) is 0 Å². The Morgan fingerprint density at radius 3 is 2.69 bits per heavy atom.